The van der Waals surface area contributed by atoms with Crippen molar-refractivity contribution in [3.8, 4) is 0 Å². The van der Waals surface area contributed by atoms with Crippen LogP contribution >= 0.6 is 23.2 Å². The number of hydrogen-bond acceptors (Lipinski definition) is 5. The van der Waals surface area contributed by atoms with E-state index in [2.05, 4.69) is 32.7 Å². The molecule has 2 aromatic carbocycles. The predicted octanol–water partition coefficient (Wildman–Crippen LogP) is 5.95. The molecule has 3 aliphatic rings. The van der Waals surface area contributed by atoms with Gasteiger partial charge in [-0.05, 0) is 74.5 Å². The zero-order valence-electron chi connectivity index (χ0n) is 20.9. The molecule has 5 rings (SSSR count). The number of carboxylic acids is 1. The summed E-state index contributed by atoms with van der Waals surface area (Å²) in [5.41, 5.74) is 5.26. The molecule has 0 spiro atoms. The Labute approximate surface area is 223 Å². The van der Waals surface area contributed by atoms with Gasteiger partial charge in [-0.1, -0.05) is 47.5 Å². The molecule has 2 heterocycles. The second kappa shape index (κ2) is 11.8. The van der Waals surface area contributed by atoms with Crippen LogP contribution in [0.25, 0.3) is 0 Å². The maximum absolute atomic E-state index is 11.2. The number of piperidine rings is 1. The Kier molecular flexibility index (Phi) is 8.81. The molecule has 1 N–H and O–H groups in total. The fraction of sp³-hybridized carbons (Fsp3) is 0.500. The van der Waals surface area contributed by atoms with Gasteiger partial charge in [-0.3, -0.25) is 14.5 Å². The van der Waals surface area contributed by atoms with Crippen molar-refractivity contribution in [1.82, 2.24) is 4.90 Å². The second-order valence-corrected chi connectivity index (χ2v) is 10.6. The first-order chi connectivity index (χ1) is 17.3. The van der Waals surface area contributed by atoms with Crippen LogP contribution in [0, 0.1) is 5.92 Å². The first-order valence-electron chi connectivity index (χ1n) is 12.7. The quantitative estimate of drug-likeness (QED) is 0.479. The summed E-state index contributed by atoms with van der Waals surface area (Å²) in [5, 5.41) is 10.7. The van der Waals surface area contributed by atoms with Gasteiger partial charge in [0.2, 0.25) is 0 Å². The Bertz CT molecular complexity index is 1070. The fourth-order valence-electron chi connectivity index (χ4n) is 5.57. The number of fused-ring (bicyclic) bond motifs is 1. The molecule has 194 valence electrons. The number of hydrogen-bond donors (Lipinski definition) is 1. The lowest BCUT2D eigenvalue weighted by molar-refractivity contribution is -0.143. The SMILES string of the molecule is CCOC(C)=O.O=C(O)C1CCN(C2CCc3cc(C4CN(c5c(Cl)cccc5Cl)C4)ccc32)CC1. The number of halogens is 2. The number of para-hydroxylation sites is 1. The number of aryl methyl sites for hydroxylation is 1. The van der Waals surface area contributed by atoms with Gasteiger partial charge in [-0.2, -0.15) is 0 Å². The van der Waals surface area contributed by atoms with Gasteiger partial charge in [0.1, 0.15) is 0 Å². The lowest BCUT2D eigenvalue weighted by Gasteiger charge is -2.42. The maximum Gasteiger partial charge on any atom is 0.306 e. The zero-order valence-corrected chi connectivity index (χ0v) is 22.4. The molecule has 0 saturated carbocycles. The summed E-state index contributed by atoms with van der Waals surface area (Å²) < 4.78 is 4.40. The highest BCUT2D eigenvalue weighted by Crippen LogP contribution is 2.43. The van der Waals surface area contributed by atoms with Crippen LogP contribution in [-0.2, 0) is 20.7 Å². The van der Waals surface area contributed by atoms with Crippen molar-refractivity contribution in [3.05, 3.63) is 63.1 Å². The number of esters is 1. The monoisotopic (exact) mass is 532 g/mol. The lowest BCUT2D eigenvalue weighted by atomic mass is 9.88. The standard InChI is InChI=1S/C24H26Cl2N2O2.C4H8O2/c25-20-2-1-3-21(26)23(20)28-13-18(14-28)16-4-6-19-17(12-16)5-7-22(19)27-10-8-15(9-11-27)24(29)30;1-3-6-4(2)5/h1-4,6,12,15,18,22H,5,7-11,13-14H2,(H,29,30);3H2,1-2H3. The molecule has 6 nitrogen and oxygen atoms in total. The van der Waals surface area contributed by atoms with Crippen LogP contribution in [0.4, 0.5) is 5.69 Å². The highest BCUT2D eigenvalue weighted by molar-refractivity contribution is 6.39. The number of carbonyl (C=O) groups excluding carboxylic acids is 1. The van der Waals surface area contributed by atoms with Crippen molar-refractivity contribution in [2.45, 2.75) is 51.5 Å². The van der Waals surface area contributed by atoms with E-state index >= 15 is 0 Å². The molecule has 2 fully saturated rings. The third-order valence-electron chi connectivity index (χ3n) is 7.49. The van der Waals surface area contributed by atoms with Gasteiger partial charge in [0.15, 0.2) is 0 Å². The number of rotatable bonds is 5. The number of nitrogens with zero attached hydrogens (tertiary/aromatic N) is 2. The predicted molar refractivity (Wildman–Crippen MR) is 143 cm³/mol. The molecule has 2 aromatic rings. The van der Waals surface area contributed by atoms with Crippen LogP contribution in [0.2, 0.25) is 10.0 Å². The molecule has 0 aromatic heterocycles. The highest BCUT2D eigenvalue weighted by atomic mass is 35.5. The van der Waals surface area contributed by atoms with Gasteiger partial charge in [-0.15, -0.1) is 0 Å². The number of anilines is 1. The van der Waals surface area contributed by atoms with E-state index in [1.165, 1.54) is 23.6 Å². The van der Waals surface area contributed by atoms with Crippen molar-refractivity contribution in [3.63, 3.8) is 0 Å². The minimum atomic E-state index is -0.640. The molecule has 0 radical (unpaired) electrons. The Morgan fingerprint density at radius 1 is 1.06 bits per heavy atom. The Hall–Kier alpha value is -2.28. The molecule has 1 aliphatic carbocycles. The van der Waals surface area contributed by atoms with Crippen LogP contribution in [-0.4, -0.2) is 54.7 Å². The fourth-order valence-corrected chi connectivity index (χ4v) is 6.21. The van der Waals surface area contributed by atoms with Crippen molar-refractivity contribution < 1.29 is 19.4 Å². The molecule has 1 atom stereocenters. The normalized spacial score (nSPS) is 20.2. The van der Waals surface area contributed by atoms with Crippen LogP contribution in [0.1, 0.15) is 61.8 Å². The Morgan fingerprint density at radius 2 is 1.72 bits per heavy atom. The van der Waals surface area contributed by atoms with E-state index in [1.54, 1.807) is 6.92 Å². The van der Waals surface area contributed by atoms with E-state index in [0.29, 0.717) is 28.6 Å². The number of likely N-dealkylation sites (tertiary alicyclic amines) is 1. The Morgan fingerprint density at radius 3 is 2.28 bits per heavy atom. The van der Waals surface area contributed by atoms with Crippen LogP contribution in [0.5, 0.6) is 0 Å². The number of carboxylic acid groups (broad SMARTS) is 1. The van der Waals surface area contributed by atoms with Gasteiger partial charge in [0.05, 0.1) is 28.3 Å². The molecule has 0 bridgehead atoms. The molecule has 1 unspecified atom stereocenters. The average Bonchev–Trinajstić information content (AvgIpc) is 3.24. The van der Waals surface area contributed by atoms with Gasteiger partial charge in [0, 0.05) is 32.0 Å². The molecule has 0 amide bonds. The third-order valence-corrected chi connectivity index (χ3v) is 8.10. The summed E-state index contributed by atoms with van der Waals surface area (Å²) in [6.45, 7) is 7.31. The average molecular weight is 533 g/mol. The topological polar surface area (TPSA) is 70.1 Å². The van der Waals surface area contributed by atoms with E-state index in [0.717, 1.165) is 57.5 Å². The molecule has 2 saturated heterocycles. The van der Waals surface area contributed by atoms with E-state index < -0.39 is 5.97 Å². The minimum Gasteiger partial charge on any atom is -0.481 e. The van der Waals surface area contributed by atoms with E-state index in [4.69, 9.17) is 23.2 Å². The summed E-state index contributed by atoms with van der Waals surface area (Å²) in [6, 6.07) is 13.1. The minimum absolute atomic E-state index is 0.169. The smallest absolute Gasteiger partial charge is 0.306 e. The molecule has 36 heavy (non-hydrogen) atoms. The number of carbonyl (C=O) groups is 2. The van der Waals surface area contributed by atoms with E-state index in [1.807, 2.05) is 18.2 Å². The number of ether oxygens (including phenoxy) is 1. The van der Waals surface area contributed by atoms with Crippen molar-refractivity contribution in [2.75, 3.05) is 37.7 Å². The summed E-state index contributed by atoms with van der Waals surface area (Å²) in [6.07, 6.45) is 3.78. The summed E-state index contributed by atoms with van der Waals surface area (Å²) >= 11 is 12.7. The Balaban J connectivity index is 0.000000455. The zero-order chi connectivity index (χ0) is 25.8. The molecular weight excluding hydrogens is 499 g/mol. The van der Waals surface area contributed by atoms with E-state index in [9.17, 15) is 14.7 Å². The first kappa shape index (κ1) is 26.8. The van der Waals surface area contributed by atoms with Gasteiger partial charge in [0.25, 0.3) is 0 Å². The second-order valence-electron chi connectivity index (χ2n) is 9.76. The van der Waals surface area contributed by atoms with Gasteiger partial charge in [-0.25, -0.2) is 0 Å². The van der Waals surface area contributed by atoms with E-state index in [-0.39, 0.29) is 11.9 Å². The van der Waals surface area contributed by atoms with Crippen LogP contribution in [0.15, 0.2) is 36.4 Å². The molecule has 2 aliphatic heterocycles. The van der Waals surface area contributed by atoms with Crippen molar-refractivity contribution >= 4 is 40.8 Å². The third kappa shape index (κ3) is 5.99. The lowest BCUT2D eigenvalue weighted by Crippen LogP contribution is -2.45. The first-order valence-corrected chi connectivity index (χ1v) is 13.5. The summed E-state index contributed by atoms with van der Waals surface area (Å²) in [4.78, 5) is 25.8. The van der Waals surface area contributed by atoms with Gasteiger partial charge < -0.3 is 14.7 Å². The van der Waals surface area contributed by atoms with Crippen molar-refractivity contribution in [2.24, 2.45) is 5.92 Å². The highest BCUT2D eigenvalue weighted by Gasteiger charge is 2.35. The summed E-state index contributed by atoms with van der Waals surface area (Å²) in [7, 11) is 0. The maximum atomic E-state index is 11.2. The van der Waals surface area contributed by atoms with Gasteiger partial charge >= 0.3 is 11.9 Å². The summed E-state index contributed by atoms with van der Waals surface area (Å²) in [5.74, 6) is -0.512. The largest absolute Gasteiger partial charge is 0.481 e. The molecule has 8 heteroatoms. The molecular formula is C28H34Cl2N2O4. The number of aliphatic carboxylic acids is 1. The number of benzene rings is 2. The van der Waals surface area contributed by atoms with Crippen LogP contribution in [0.3, 0.4) is 0 Å². The van der Waals surface area contributed by atoms with Crippen molar-refractivity contribution in [1.29, 1.82) is 0 Å². The van der Waals surface area contributed by atoms with Crippen LogP contribution < -0.4 is 4.90 Å².